The molecule has 3 rings (SSSR count). The summed E-state index contributed by atoms with van der Waals surface area (Å²) >= 11 is 6.00. The lowest BCUT2D eigenvalue weighted by Gasteiger charge is -2.34. The number of aromatic nitrogens is 1. The fourth-order valence-electron chi connectivity index (χ4n) is 3.48. The fraction of sp³-hybridized carbons (Fsp3) is 0.421. The van der Waals surface area contributed by atoms with E-state index in [9.17, 15) is 19.5 Å². The molecule has 27 heavy (non-hydrogen) atoms. The first-order chi connectivity index (χ1) is 12.8. The monoisotopic (exact) mass is 390 g/mol. The zero-order valence-electron chi connectivity index (χ0n) is 15.2. The zero-order valence-corrected chi connectivity index (χ0v) is 16.0. The molecule has 1 aromatic heterocycles. The minimum absolute atomic E-state index is 0.220. The van der Waals surface area contributed by atoms with Gasteiger partial charge in [0.05, 0.1) is 0 Å². The molecule has 7 nitrogen and oxygen atoms in total. The van der Waals surface area contributed by atoms with Gasteiger partial charge in [-0.3, -0.25) is 9.59 Å². The van der Waals surface area contributed by atoms with E-state index in [1.807, 2.05) is 6.07 Å². The molecule has 0 bridgehead atoms. The highest BCUT2D eigenvalue weighted by molar-refractivity contribution is 6.31. The Morgan fingerprint density at radius 1 is 1.22 bits per heavy atom. The molecular formula is C19H21ClN3O4-. The van der Waals surface area contributed by atoms with Gasteiger partial charge < -0.3 is 24.7 Å². The number of carboxylic acids is 1. The van der Waals surface area contributed by atoms with Crippen LogP contribution < -0.4 is 10.4 Å². The van der Waals surface area contributed by atoms with Gasteiger partial charge in [0.25, 0.3) is 5.91 Å². The smallest absolute Gasteiger partial charge is 0.268 e. The van der Waals surface area contributed by atoms with Crippen LogP contribution in [-0.2, 0) is 16.6 Å². The van der Waals surface area contributed by atoms with Crippen LogP contribution in [0.4, 0.5) is 0 Å². The van der Waals surface area contributed by atoms with Crippen molar-refractivity contribution < 1.29 is 19.5 Å². The summed E-state index contributed by atoms with van der Waals surface area (Å²) in [7, 11) is 1.78. The Hall–Kier alpha value is -2.54. The second-order valence-corrected chi connectivity index (χ2v) is 7.34. The molecule has 1 saturated heterocycles. The molecule has 0 radical (unpaired) electrons. The number of fused-ring (bicyclic) bond motifs is 1. The zero-order chi connectivity index (χ0) is 19.7. The SMILES string of the molecule is C[C@H](NC(=O)c1cc2cc(Cl)ccc2n1C)C(=O)N1CCC(C(=O)[O-])CC1. The van der Waals surface area contributed by atoms with Crippen LogP contribution in [0.5, 0.6) is 0 Å². The lowest BCUT2D eigenvalue weighted by molar-refractivity contribution is -0.312. The molecule has 0 spiro atoms. The molecule has 1 aliphatic heterocycles. The minimum atomic E-state index is -1.07. The van der Waals surface area contributed by atoms with Crippen LogP contribution in [0.25, 0.3) is 10.9 Å². The van der Waals surface area contributed by atoms with E-state index in [2.05, 4.69) is 5.32 Å². The highest BCUT2D eigenvalue weighted by atomic mass is 35.5. The largest absolute Gasteiger partial charge is 0.550 e. The molecule has 144 valence electrons. The summed E-state index contributed by atoms with van der Waals surface area (Å²) in [6, 6.07) is 6.40. The van der Waals surface area contributed by atoms with E-state index in [4.69, 9.17) is 11.6 Å². The topological polar surface area (TPSA) is 94.5 Å². The van der Waals surface area contributed by atoms with E-state index in [-0.39, 0.29) is 11.8 Å². The number of carboxylic acid groups (broad SMARTS) is 1. The normalized spacial score (nSPS) is 16.3. The van der Waals surface area contributed by atoms with Gasteiger partial charge in [-0.15, -0.1) is 0 Å². The number of nitrogens with zero attached hydrogens (tertiary/aromatic N) is 2. The number of amides is 2. The first kappa shape index (κ1) is 19.2. The van der Waals surface area contributed by atoms with Crippen LogP contribution in [0.2, 0.25) is 5.02 Å². The number of halogens is 1. The number of benzene rings is 1. The Labute approximate surface area is 161 Å². The van der Waals surface area contributed by atoms with Crippen molar-refractivity contribution >= 4 is 40.3 Å². The first-order valence-corrected chi connectivity index (χ1v) is 9.21. The van der Waals surface area contributed by atoms with Gasteiger partial charge >= 0.3 is 0 Å². The van der Waals surface area contributed by atoms with Crippen molar-refractivity contribution in [2.24, 2.45) is 13.0 Å². The third kappa shape index (κ3) is 3.93. The number of rotatable bonds is 4. The number of piperidine rings is 1. The van der Waals surface area contributed by atoms with Crippen LogP contribution >= 0.6 is 11.6 Å². The van der Waals surface area contributed by atoms with Crippen molar-refractivity contribution in [3.05, 3.63) is 35.0 Å². The Balaban J connectivity index is 1.66. The molecule has 2 amide bonds. The summed E-state index contributed by atoms with van der Waals surface area (Å²) in [6.45, 7) is 2.33. The van der Waals surface area contributed by atoms with Crippen molar-refractivity contribution in [1.82, 2.24) is 14.8 Å². The van der Waals surface area contributed by atoms with Crippen molar-refractivity contribution in [2.45, 2.75) is 25.8 Å². The maximum atomic E-state index is 12.6. The number of carbonyl (C=O) groups excluding carboxylic acids is 3. The van der Waals surface area contributed by atoms with E-state index in [1.54, 1.807) is 41.6 Å². The second kappa shape index (κ2) is 7.60. The van der Waals surface area contributed by atoms with E-state index in [0.717, 1.165) is 10.9 Å². The van der Waals surface area contributed by atoms with E-state index in [1.165, 1.54) is 0 Å². The summed E-state index contributed by atoms with van der Waals surface area (Å²) < 4.78 is 1.75. The van der Waals surface area contributed by atoms with Crippen LogP contribution in [0, 0.1) is 5.92 Å². The van der Waals surface area contributed by atoms with Crippen LogP contribution in [0.1, 0.15) is 30.3 Å². The fourth-order valence-corrected chi connectivity index (χ4v) is 3.66. The highest BCUT2D eigenvalue weighted by Gasteiger charge is 2.28. The van der Waals surface area contributed by atoms with Gasteiger partial charge in [0.15, 0.2) is 0 Å². The summed E-state index contributed by atoms with van der Waals surface area (Å²) in [5.74, 6) is -2.15. The van der Waals surface area contributed by atoms with Gasteiger partial charge in [0.1, 0.15) is 11.7 Å². The quantitative estimate of drug-likeness (QED) is 0.840. The Bertz CT molecular complexity index is 900. The van der Waals surface area contributed by atoms with Gasteiger partial charge in [-0.2, -0.15) is 0 Å². The van der Waals surface area contributed by atoms with Crippen LogP contribution in [0.15, 0.2) is 24.3 Å². The number of likely N-dealkylation sites (tertiary alicyclic amines) is 1. The lowest BCUT2D eigenvalue weighted by Crippen LogP contribution is -2.50. The molecule has 1 aliphatic rings. The number of nitrogens with one attached hydrogen (secondary N) is 1. The molecule has 1 aromatic carbocycles. The van der Waals surface area contributed by atoms with Gasteiger partial charge in [0, 0.05) is 47.9 Å². The Morgan fingerprint density at radius 2 is 1.89 bits per heavy atom. The van der Waals surface area contributed by atoms with Gasteiger partial charge in [0.2, 0.25) is 5.91 Å². The third-order valence-electron chi connectivity index (χ3n) is 5.10. The minimum Gasteiger partial charge on any atom is -0.550 e. The van der Waals surface area contributed by atoms with Crippen molar-refractivity contribution in [2.75, 3.05) is 13.1 Å². The third-order valence-corrected chi connectivity index (χ3v) is 5.33. The molecule has 1 atom stereocenters. The van der Waals surface area contributed by atoms with E-state index < -0.39 is 17.9 Å². The van der Waals surface area contributed by atoms with Crippen LogP contribution in [-0.4, -0.2) is 46.4 Å². The molecule has 0 aliphatic carbocycles. The second-order valence-electron chi connectivity index (χ2n) is 6.91. The molecule has 1 N–H and O–H groups in total. The van der Waals surface area contributed by atoms with Crippen molar-refractivity contribution in [1.29, 1.82) is 0 Å². The maximum Gasteiger partial charge on any atom is 0.268 e. The number of aryl methyl sites for hydroxylation is 1. The van der Waals surface area contributed by atoms with Crippen LogP contribution in [0.3, 0.4) is 0 Å². The number of hydrogen-bond acceptors (Lipinski definition) is 4. The molecule has 2 aromatic rings. The standard InChI is InChI=1S/C19H22ClN3O4/c1-11(18(25)23-7-5-12(6-8-23)19(26)27)21-17(24)16-10-13-9-14(20)3-4-15(13)22(16)2/h3-4,9-12H,5-8H2,1-2H3,(H,21,24)(H,26,27)/p-1/t11-/m0/s1. The molecule has 2 heterocycles. The maximum absolute atomic E-state index is 12.6. The lowest BCUT2D eigenvalue weighted by atomic mass is 9.97. The molecular weight excluding hydrogens is 370 g/mol. The van der Waals surface area contributed by atoms with E-state index >= 15 is 0 Å². The molecule has 0 saturated carbocycles. The average Bonchev–Trinajstić information content (AvgIpc) is 2.97. The Morgan fingerprint density at radius 3 is 2.52 bits per heavy atom. The van der Waals surface area contributed by atoms with Crippen molar-refractivity contribution in [3.63, 3.8) is 0 Å². The summed E-state index contributed by atoms with van der Waals surface area (Å²) in [5.41, 5.74) is 1.30. The average molecular weight is 391 g/mol. The summed E-state index contributed by atoms with van der Waals surface area (Å²) in [6.07, 6.45) is 0.747. The Kier molecular flexibility index (Phi) is 5.41. The van der Waals surface area contributed by atoms with Gasteiger partial charge in [-0.25, -0.2) is 0 Å². The van der Waals surface area contributed by atoms with Crippen molar-refractivity contribution in [3.8, 4) is 0 Å². The first-order valence-electron chi connectivity index (χ1n) is 8.83. The summed E-state index contributed by atoms with van der Waals surface area (Å²) in [4.78, 5) is 37.7. The highest BCUT2D eigenvalue weighted by Crippen LogP contribution is 2.23. The van der Waals surface area contributed by atoms with Gasteiger partial charge in [-0.05, 0) is 44.0 Å². The number of carbonyl (C=O) groups is 3. The predicted molar refractivity (Wildman–Crippen MR) is 99.2 cm³/mol. The van der Waals surface area contributed by atoms with Gasteiger partial charge in [-0.1, -0.05) is 11.6 Å². The molecule has 1 fully saturated rings. The predicted octanol–water partition coefficient (Wildman–Crippen LogP) is 0.938. The van der Waals surface area contributed by atoms with E-state index in [0.29, 0.717) is 36.6 Å². The molecule has 8 heteroatoms. The number of hydrogen-bond donors (Lipinski definition) is 1. The molecule has 0 unspecified atom stereocenters. The number of aliphatic carboxylic acids is 1. The summed E-state index contributed by atoms with van der Waals surface area (Å²) in [5, 5.41) is 15.1.